The molecule has 0 bridgehead atoms. The number of H-pyrrole nitrogens is 1. The Bertz CT molecular complexity index is 478. The number of amides is 1. The van der Waals surface area contributed by atoms with Gasteiger partial charge in [-0.1, -0.05) is 0 Å². The molecule has 4 N–H and O–H groups in total. The molecule has 2 aromatic rings. The minimum absolute atomic E-state index is 0.183. The van der Waals surface area contributed by atoms with E-state index in [0.29, 0.717) is 24.3 Å². The highest BCUT2D eigenvalue weighted by Gasteiger charge is 2.05. The first kappa shape index (κ1) is 11.1. The van der Waals surface area contributed by atoms with Crippen LogP contribution < -0.4 is 11.1 Å². The van der Waals surface area contributed by atoms with E-state index in [1.54, 1.807) is 12.1 Å². The van der Waals surface area contributed by atoms with Gasteiger partial charge in [-0.25, -0.2) is 9.97 Å². The highest BCUT2D eigenvalue weighted by molar-refractivity contribution is 5.93. The molecular weight excluding hydrogens is 220 g/mol. The van der Waals surface area contributed by atoms with Crippen molar-refractivity contribution in [2.75, 3.05) is 12.3 Å². The van der Waals surface area contributed by atoms with E-state index in [1.807, 2.05) is 0 Å². The summed E-state index contributed by atoms with van der Waals surface area (Å²) in [5.41, 5.74) is 5.91. The Hall–Kier alpha value is -2.44. The summed E-state index contributed by atoms with van der Waals surface area (Å²) in [7, 11) is 0. The number of hydrogen-bond donors (Lipinski definition) is 3. The Morgan fingerprint density at radius 3 is 2.94 bits per heavy atom. The van der Waals surface area contributed by atoms with Crippen molar-refractivity contribution in [1.82, 2.24) is 25.5 Å². The van der Waals surface area contributed by atoms with Gasteiger partial charge in [0.2, 0.25) is 0 Å². The molecule has 0 saturated carbocycles. The quantitative estimate of drug-likeness (QED) is 0.673. The van der Waals surface area contributed by atoms with Crippen molar-refractivity contribution in [1.29, 1.82) is 0 Å². The second-order valence-corrected chi connectivity index (χ2v) is 3.41. The summed E-state index contributed by atoms with van der Waals surface area (Å²) < 4.78 is 0. The van der Waals surface area contributed by atoms with Gasteiger partial charge < -0.3 is 11.1 Å². The monoisotopic (exact) mass is 232 g/mol. The summed E-state index contributed by atoms with van der Waals surface area (Å²) in [6.45, 7) is 0.485. The van der Waals surface area contributed by atoms with Gasteiger partial charge in [0.25, 0.3) is 5.91 Å². The maximum atomic E-state index is 11.6. The molecule has 7 nitrogen and oxygen atoms in total. The average molecular weight is 232 g/mol. The van der Waals surface area contributed by atoms with Crippen LogP contribution in [0, 0.1) is 0 Å². The third kappa shape index (κ3) is 3.00. The molecule has 0 aliphatic heterocycles. The number of nitrogens with one attached hydrogen (secondary N) is 2. The lowest BCUT2D eigenvalue weighted by Crippen LogP contribution is -2.26. The summed E-state index contributed by atoms with van der Waals surface area (Å²) in [4.78, 5) is 19.4. The van der Waals surface area contributed by atoms with Crippen molar-refractivity contribution in [3.8, 4) is 0 Å². The lowest BCUT2D eigenvalue weighted by atomic mass is 10.2. The van der Waals surface area contributed by atoms with E-state index in [9.17, 15) is 4.79 Å². The summed E-state index contributed by atoms with van der Waals surface area (Å²) in [6, 6.07) is 3.22. The van der Waals surface area contributed by atoms with E-state index in [2.05, 4.69) is 25.5 Å². The minimum Gasteiger partial charge on any atom is -0.384 e. The number of pyridine rings is 1. The molecule has 88 valence electrons. The number of hydrogen-bond acceptors (Lipinski definition) is 5. The van der Waals surface area contributed by atoms with Gasteiger partial charge in [0.15, 0.2) is 0 Å². The number of carbonyl (C=O) groups excluding carboxylic acids is 1. The van der Waals surface area contributed by atoms with Crippen LogP contribution in [-0.2, 0) is 6.42 Å². The van der Waals surface area contributed by atoms with Crippen LogP contribution in [0.3, 0.4) is 0 Å². The van der Waals surface area contributed by atoms with Gasteiger partial charge in [-0.05, 0) is 12.1 Å². The summed E-state index contributed by atoms with van der Waals surface area (Å²) in [6.07, 6.45) is 3.48. The Morgan fingerprint density at radius 2 is 2.29 bits per heavy atom. The zero-order valence-corrected chi connectivity index (χ0v) is 9.05. The topological polar surface area (TPSA) is 110 Å². The number of nitrogen functional groups attached to an aromatic ring is 1. The van der Waals surface area contributed by atoms with E-state index in [0.717, 1.165) is 5.82 Å². The Morgan fingerprint density at radius 1 is 1.41 bits per heavy atom. The van der Waals surface area contributed by atoms with Crippen LogP contribution in [0.5, 0.6) is 0 Å². The number of nitrogens with zero attached hydrogens (tertiary/aromatic N) is 3. The predicted molar refractivity (Wildman–Crippen MR) is 61.1 cm³/mol. The van der Waals surface area contributed by atoms with Gasteiger partial charge in [-0.15, -0.1) is 0 Å². The van der Waals surface area contributed by atoms with E-state index in [1.165, 1.54) is 12.5 Å². The van der Waals surface area contributed by atoms with Crippen LogP contribution in [0.1, 0.15) is 16.2 Å². The maximum Gasteiger partial charge on any atom is 0.252 e. The molecule has 0 aromatic carbocycles. The fourth-order valence-electron chi connectivity index (χ4n) is 1.29. The Kier molecular flexibility index (Phi) is 3.29. The number of nitrogens with two attached hydrogens (primary N) is 1. The molecule has 0 aliphatic rings. The standard InChI is InChI=1S/C10H12N6O/c11-8-2-1-7(5-13-8)10(17)12-4-3-9-14-6-15-16-9/h1-2,5-6H,3-4H2,(H2,11,13)(H,12,17)(H,14,15,16). The highest BCUT2D eigenvalue weighted by Crippen LogP contribution is 2.00. The molecule has 0 radical (unpaired) electrons. The fraction of sp³-hybridized carbons (Fsp3) is 0.200. The molecule has 7 heteroatoms. The first-order valence-electron chi connectivity index (χ1n) is 5.09. The molecule has 0 spiro atoms. The van der Waals surface area contributed by atoms with Gasteiger partial charge in [0.1, 0.15) is 18.0 Å². The van der Waals surface area contributed by atoms with Crippen LogP contribution in [0.2, 0.25) is 0 Å². The van der Waals surface area contributed by atoms with Gasteiger partial charge in [0, 0.05) is 19.2 Å². The lowest BCUT2D eigenvalue weighted by Gasteiger charge is -2.03. The number of carbonyl (C=O) groups is 1. The fourth-order valence-corrected chi connectivity index (χ4v) is 1.29. The second kappa shape index (κ2) is 5.06. The molecule has 2 aromatic heterocycles. The number of aromatic amines is 1. The predicted octanol–water partition coefficient (Wildman–Crippen LogP) is -0.246. The first-order valence-corrected chi connectivity index (χ1v) is 5.09. The van der Waals surface area contributed by atoms with Crippen molar-refractivity contribution in [2.24, 2.45) is 0 Å². The van der Waals surface area contributed by atoms with E-state index in [-0.39, 0.29) is 5.91 Å². The van der Waals surface area contributed by atoms with E-state index < -0.39 is 0 Å². The molecular formula is C10H12N6O. The Labute approximate surface area is 97.5 Å². The smallest absolute Gasteiger partial charge is 0.252 e. The van der Waals surface area contributed by atoms with Crippen molar-refractivity contribution in [3.05, 3.63) is 36.0 Å². The maximum absolute atomic E-state index is 11.6. The third-order valence-electron chi connectivity index (χ3n) is 2.16. The number of aromatic nitrogens is 4. The van der Waals surface area contributed by atoms with Crippen LogP contribution in [0.25, 0.3) is 0 Å². The molecule has 0 unspecified atom stereocenters. The molecule has 0 atom stereocenters. The van der Waals surface area contributed by atoms with Crippen LogP contribution in [0.15, 0.2) is 24.7 Å². The molecule has 0 aliphatic carbocycles. The van der Waals surface area contributed by atoms with Crippen molar-refractivity contribution in [2.45, 2.75) is 6.42 Å². The SMILES string of the molecule is Nc1ccc(C(=O)NCCc2ncn[nH]2)cn1. The van der Waals surface area contributed by atoms with Gasteiger partial charge in [-0.2, -0.15) is 5.10 Å². The molecule has 1 amide bonds. The number of rotatable bonds is 4. The number of anilines is 1. The molecule has 2 rings (SSSR count). The molecule has 17 heavy (non-hydrogen) atoms. The minimum atomic E-state index is -0.183. The highest BCUT2D eigenvalue weighted by atomic mass is 16.1. The van der Waals surface area contributed by atoms with Crippen LogP contribution in [0.4, 0.5) is 5.82 Å². The zero-order valence-electron chi connectivity index (χ0n) is 9.05. The zero-order chi connectivity index (χ0) is 12.1. The first-order chi connectivity index (χ1) is 8.25. The summed E-state index contributed by atoms with van der Waals surface area (Å²) in [5.74, 6) is 0.945. The second-order valence-electron chi connectivity index (χ2n) is 3.41. The molecule has 0 fully saturated rings. The largest absolute Gasteiger partial charge is 0.384 e. The summed E-state index contributed by atoms with van der Waals surface area (Å²) >= 11 is 0. The van der Waals surface area contributed by atoms with Crippen LogP contribution in [-0.4, -0.2) is 32.6 Å². The van der Waals surface area contributed by atoms with Gasteiger partial charge >= 0.3 is 0 Å². The lowest BCUT2D eigenvalue weighted by molar-refractivity contribution is 0.0953. The van der Waals surface area contributed by atoms with Gasteiger partial charge in [-0.3, -0.25) is 9.89 Å². The molecule has 2 heterocycles. The van der Waals surface area contributed by atoms with E-state index >= 15 is 0 Å². The summed E-state index contributed by atoms with van der Waals surface area (Å²) in [5, 5.41) is 9.18. The normalized spacial score (nSPS) is 10.1. The van der Waals surface area contributed by atoms with Crippen molar-refractivity contribution >= 4 is 11.7 Å². The van der Waals surface area contributed by atoms with E-state index in [4.69, 9.17) is 5.73 Å². The molecule has 0 saturated heterocycles. The Balaban J connectivity index is 1.83. The average Bonchev–Trinajstić information content (AvgIpc) is 2.83. The van der Waals surface area contributed by atoms with Crippen molar-refractivity contribution < 1.29 is 4.79 Å². The third-order valence-corrected chi connectivity index (χ3v) is 2.16. The van der Waals surface area contributed by atoms with Gasteiger partial charge in [0.05, 0.1) is 5.56 Å². The van der Waals surface area contributed by atoms with Crippen molar-refractivity contribution in [3.63, 3.8) is 0 Å². The van der Waals surface area contributed by atoms with Crippen LogP contribution >= 0.6 is 0 Å².